The van der Waals surface area contributed by atoms with Crippen molar-refractivity contribution < 1.29 is 9.90 Å². The summed E-state index contributed by atoms with van der Waals surface area (Å²) in [5.74, 6) is 0.387. The maximum absolute atomic E-state index is 11.4. The quantitative estimate of drug-likeness (QED) is 0.829. The zero-order chi connectivity index (χ0) is 13.0. The number of carboxylic acids is 1. The van der Waals surface area contributed by atoms with Crippen LogP contribution in [0.1, 0.15) is 17.5 Å². The number of benzene rings is 1. The van der Waals surface area contributed by atoms with Crippen LogP contribution in [0.25, 0.3) is 0 Å². The molecular formula is C14H19NO2S. The average Bonchev–Trinajstić information content (AvgIpc) is 2.38. The number of carboxylic acid groups (broad SMARTS) is 1. The van der Waals surface area contributed by atoms with Crippen LogP contribution in [0.3, 0.4) is 0 Å². The molecule has 1 N–H and O–H groups in total. The molecule has 0 aliphatic carbocycles. The number of aliphatic carboxylic acids is 1. The summed E-state index contributed by atoms with van der Waals surface area (Å²) in [4.78, 5) is 13.5. The highest BCUT2D eigenvalue weighted by molar-refractivity contribution is 7.98. The summed E-state index contributed by atoms with van der Waals surface area (Å²) in [5, 5.41) is 9.34. The van der Waals surface area contributed by atoms with E-state index in [1.54, 1.807) is 0 Å². The SMILES string of the molecule is CSCCCN1Cc2ccccc2C[C@H]1C(=O)O. The number of nitrogens with zero attached hydrogens (tertiary/aromatic N) is 1. The highest BCUT2D eigenvalue weighted by Gasteiger charge is 2.30. The molecule has 0 bridgehead atoms. The number of hydrogen-bond acceptors (Lipinski definition) is 3. The van der Waals surface area contributed by atoms with Gasteiger partial charge in [0.25, 0.3) is 0 Å². The van der Waals surface area contributed by atoms with Gasteiger partial charge in [0, 0.05) is 13.1 Å². The van der Waals surface area contributed by atoms with E-state index in [0.717, 1.165) is 25.3 Å². The Bertz CT molecular complexity index is 422. The van der Waals surface area contributed by atoms with E-state index in [1.165, 1.54) is 11.1 Å². The van der Waals surface area contributed by atoms with E-state index in [0.29, 0.717) is 6.42 Å². The number of thioether (sulfide) groups is 1. The van der Waals surface area contributed by atoms with Crippen molar-refractivity contribution >= 4 is 17.7 Å². The van der Waals surface area contributed by atoms with Crippen LogP contribution < -0.4 is 0 Å². The van der Waals surface area contributed by atoms with Crippen molar-refractivity contribution in [3.8, 4) is 0 Å². The molecule has 3 nitrogen and oxygen atoms in total. The Morgan fingerprint density at radius 1 is 1.44 bits per heavy atom. The second kappa shape index (κ2) is 6.25. The van der Waals surface area contributed by atoms with E-state index >= 15 is 0 Å². The van der Waals surface area contributed by atoms with Crippen LogP contribution >= 0.6 is 11.8 Å². The van der Waals surface area contributed by atoms with Gasteiger partial charge in [-0.25, -0.2) is 0 Å². The molecule has 1 atom stereocenters. The van der Waals surface area contributed by atoms with Crippen LogP contribution in [0, 0.1) is 0 Å². The number of rotatable bonds is 5. The first kappa shape index (κ1) is 13.4. The molecule has 0 fully saturated rings. The van der Waals surface area contributed by atoms with Gasteiger partial charge in [-0.05, 0) is 36.0 Å². The fourth-order valence-electron chi connectivity index (χ4n) is 2.47. The first-order valence-electron chi connectivity index (χ1n) is 6.25. The molecule has 0 radical (unpaired) electrons. The van der Waals surface area contributed by atoms with Crippen LogP contribution in [0.15, 0.2) is 24.3 Å². The van der Waals surface area contributed by atoms with E-state index in [1.807, 2.05) is 30.0 Å². The Morgan fingerprint density at radius 3 is 2.83 bits per heavy atom. The fourth-order valence-corrected chi connectivity index (χ4v) is 2.89. The van der Waals surface area contributed by atoms with Crippen LogP contribution in [0.2, 0.25) is 0 Å². The molecule has 18 heavy (non-hydrogen) atoms. The minimum atomic E-state index is -0.700. The van der Waals surface area contributed by atoms with Crippen molar-refractivity contribution in [3.05, 3.63) is 35.4 Å². The van der Waals surface area contributed by atoms with Crippen molar-refractivity contribution in [1.82, 2.24) is 4.90 Å². The summed E-state index contributed by atoms with van der Waals surface area (Å²) in [5.41, 5.74) is 2.46. The maximum atomic E-state index is 11.4. The molecule has 0 amide bonds. The minimum Gasteiger partial charge on any atom is -0.480 e. The van der Waals surface area contributed by atoms with Gasteiger partial charge < -0.3 is 5.11 Å². The first-order chi connectivity index (χ1) is 8.72. The molecule has 2 rings (SSSR count). The molecule has 0 unspecified atom stereocenters. The predicted octanol–water partition coefficient (Wildman–Crippen LogP) is 2.25. The van der Waals surface area contributed by atoms with Gasteiger partial charge in [-0.3, -0.25) is 9.69 Å². The second-order valence-corrected chi connectivity index (χ2v) is 5.63. The van der Waals surface area contributed by atoms with Gasteiger partial charge in [0.05, 0.1) is 0 Å². The van der Waals surface area contributed by atoms with E-state index in [4.69, 9.17) is 0 Å². The molecular weight excluding hydrogens is 246 g/mol. The van der Waals surface area contributed by atoms with Gasteiger partial charge in [0.2, 0.25) is 0 Å². The molecule has 1 aromatic carbocycles. The van der Waals surface area contributed by atoms with E-state index in [2.05, 4.69) is 17.2 Å². The normalized spacial score (nSPS) is 19.5. The van der Waals surface area contributed by atoms with Gasteiger partial charge in [0.15, 0.2) is 0 Å². The second-order valence-electron chi connectivity index (χ2n) is 4.64. The minimum absolute atomic E-state index is 0.359. The van der Waals surface area contributed by atoms with Crippen LogP contribution in [-0.2, 0) is 17.8 Å². The van der Waals surface area contributed by atoms with E-state index < -0.39 is 5.97 Å². The van der Waals surface area contributed by atoms with Crippen molar-refractivity contribution in [1.29, 1.82) is 0 Å². The highest BCUT2D eigenvalue weighted by Crippen LogP contribution is 2.23. The number of carbonyl (C=O) groups is 1. The lowest BCUT2D eigenvalue weighted by Gasteiger charge is -2.34. The third-order valence-corrected chi connectivity index (χ3v) is 4.12. The van der Waals surface area contributed by atoms with Gasteiger partial charge in [0.1, 0.15) is 6.04 Å². The summed E-state index contributed by atoms with van der Waals surface area (Å²) in [7, 11) is 0. The largest absolute Gasteiger partial charge is 0.480 e. The van der Waals surface area contributed by atoms with Gasteiger partial charge in [-0.2, -0.15) is 11.8 Å². The Morgan fingerprint density at radius 2 is 2.17 bits per heavy atom. The molecule has 0 saturated heterocycles. The first-order valence-corrected chi connectivity index (χ1v) is 7.64. The lowest BCUT2D eigenvalue weighted by atomic mass is 9.94. The molecule has 0 saturated carbocycles. The molecule has 4 heteroatoms. The van der Waals surface area contributed by atoms with Crippen molar-refractivity contribution in [2.45, 2.75) is 25.4 Å². The smallest absolute Gasteiger partial charge is 0.321 e. The van der Waals surface area contributed by atoms with Gasteiger partial charge in [-0.15, -0.1) is 0 Å². The zero-order valence-electron chi connectivity index (χ0n) is 10.6. The molecule has 1 aliphatic heterocycles. The zero-order valence-corrected chi connectivity index (χ0v) is 11.4. The summed E-state index contributed by atoms with van der Waals surface area (Å²) in [6, 6.07) is 7.81. The van der Waals surface area contributed by atoms with Crippen LogP contribution in [-0.4, -0.2) is 40.6 Å². The topological polar surface area (TPSA) is 40.5 Å². The summed E-state index contributed by atoms with van der Waals surface area (Å²) in [6.45, 7) is 1.63. The van der Waals surface area contributed by atoms with E-state index in [9.17, 15) is 9.90 Å². The number of hydrogen-bond donors (Lipinski definition) is 1. The molecule has 98 valence electrons. The maximum Gasteiger partial charge on any atom is 0.321 e. The fraction of sp³-hybridized carbons (Fsp3) is 0.500. The van der Waals surface area contributed by atoms with Crippen molar-refractivity contribution in [3.63, 3.8) is 0 Å². The highest BCUT2D eigenvalue weighted by atomic mass is 32.2. The lowest BCUT2D eigenvalue weighted by molar-refractivity contribution is -0.143. The lowest BCUT2D eigenvalue weighted by Crippen LogP contribution is -2.46. The van der Waals surface area contributed by atoms with Crippen LogP contribution in [0.5, 0.6) is 0 Å². The standard InChI is InChI=1S/C14H19NO2S/c1-18-8-4-7-15-10-12-6-3-2-5-11(12)9-13(15)14(16)17/h2-3,5-6,13H,4,7-10H2,1H3,(H,16,17)/t13-/m0/s1. The Kier molecular flexibility index (Phi) is 4.66. The van der Waals surface area contributed by atoms with Crippen molar-refractivity contribution in [2.75, 3.05) is 18.6 Å². The van der Waals surface area contributed by atoms with Crippen LogP contribution in [0.4, 0.5) is 0 Å². The monoisotopic (exact) mass is 265 g/mol. The molecule has 0 spiro atoms. The molecule has 0 aromatic heterocycles. The Labute approximate surface area is 112 Å². The summed E-state index contributed by atoms with van der Waals surface area (Å²) < 4.78 is 0. The van der Waals surface area contributed by atoms with Crippen molar-refractivity contribution in [2.24, 2.45) is 0 Å². The molecule has 1 aromatic rings. The Hall–Kier alpha value is -1.00. The van der Waals surface area contributed by atoms with Gasteiger partial charge >= 0.3 is 5.97 Å². The Balaban J connectivity index is 2.10. The summed E-state index contributed by atoms with van der Waals surface area (Å²) in [6.07, 6.45) is 3.76. The van der Waals surface area contributed by atoms with Gasteiger partial charge in [-0.1, -0.05) is 24.3 Å². The average molecular weight is 265 g/mol. The number of fused-ring (bicyclic) bond motifs is 1. The molecule has 1 aliphatic rings. The third-order valence-electron chi connectivity index (χ3n) is 3.42. The summed E-state index contributed by atoms with van der Waals surface area (Å²) >= 11 is 1.81. The molecule has 1 heterocycles. The van der Waals surface area contributed by atoms with E-state index in [-0.39, 0.29) is 6.04 Å². The predicted molar refractivity (Wildman–Crippen MR) is 75.0 cm³/mol. The third kappa shape index (κ3) is 3.06.